The van der Waals surface area contributed by atoms with Gasteiger partial charge in [0.15, 0.2) is 0 Å². The summed E-state index contributed by atoms with van der Waals surface area (Å²) in [6.45, 7) is 14.3. The minimum absolute atomic E-state index is 0. The monoisotopic (exact) mass is 692 g/mol. The van der Waals surface area contributed by atoms with Gasteiger partial charge in [-0.3, -0.25) is 6.08 Å². The molecule has 5 aromatic rings. The van der Waals surface area contributed by atoms with E-state index in [9.17, 15) is 0 Å². The first-order valence-corrected chi connectivity index (χ1v) is 15.8. The van der Waals surface area contributed by atoms with Crippen molar-refractivity contribution < 1.29 is 49.0 Å². The van der Waals surface area contributed by atoms with E-state index >= 15 is 0 Å². The summed E-state index contributed by atoms with van der Waals surface area (Å²) < 4.78 is 1.60. The van der Waals surface area contributed by atoms with Gasteiger partial charge in [0.25, 0.3) is 0 Å². The van der Waals surface area contributed by atoms with Crippen molar-refractivity contribution in [3.63, 3.8) is 0 Å². The van der Waals surface area contributed by atoms with Crippen molar-refractivity contribution in [2.24, 2.45) is 5.41 Å². The quantitative estimate of drug-likeness (QED) is 0.222. The van der Waals surface area contributed by atoms with Crippen molar-refractivity contribution in [1.29, 1.82) is 0 Å². The molecular formula is C41H40Cl2Zr-2. The van der Waals surface area contributed by atoms with Crippen molar-refractivity contribution in [2.45, 2.75) is 40.0 Å². The molecule has 1 aliphatic rings. The summed E-state index contributed by atoms with van der Waals surface area (Å²) in [6.07, 6.45) is 14.5. The van der Waals surface area contributed by atoms with E-state index in [2.05, 4.69) is 155 Å². The summed E-state index contributed by atoms with van der Waals surface area (Å²) in [5.41, 5.74) is 6.91. The van der Waals surface area contributed by atoms with E-state index in [1.807, 2.05) is 12.2 Å². The zero-order valence-corrected chi connectivity index (χ0v) is 29.9. The van der Waals surface area contributed by atoms with Gasteiger partial charge in [-0.2, -0.15) is 11.6 Å². The fourth-order valence-electron chi connectivity index (χ4n) is 4.95. The molecule has 0 fully saturated rings. The molecule has 0 aromatic heterocycles. The summed E-state index contributed by atoms with van der Waals surface area (Å²) in [6, 6.07) is 36.5. The molecule has 44 heavy (non-hydrogen) atoms. The maximum atomic E-state index is 3.82. The molecule has 6 rings (SSSR count). The van der Waals surface area contributed by atoms with Gasteiger partial charge in [-0.25, -0.2) is 6.08 Å². The summed E-state index contributed by atoms with van der Waals surface area (Å²) in [5, 5.41) is 5.15. The fraction of sp³-hybridized carbons (Fsp3) is 0.171. The summed E-state index contributed by atoms with van der Waals surface area (Å²) in [5.74, 6) is 0. The van der Waals surface area contributed by atoms with E-state index in [0.29, 0.717) is 5.41 Å². The Kier molecular flexibility index (Phi) is 15.3. The van der Waals surface area contributed by atoms with Crippen LogP contribution in [0.15, 0.2) is 134 Å². The summed E-state index contributed by atoms with van der Waals surface area (Å²) in [4.78, 5) is 0. The van der Waals surface area contributed by atoms with E-state index < -0.39 is 0 Å². The molecule has 1 aliphatic carbocycles. The van der Waals surface area contributed by atoms with Crippen LogP contribution in [-0.4, -0.2) is 3.21 Å². The number of rotatable bonds is 6. The van der Waals surface area contributed by atoms with E-state index in [1.165, 1.54) is 38.2 Å². The molecule has 0 saturated heterocycles. The molecule has 224 valence electrons. The first-order chi connectivity index (χ1) is 20.3. The van der Waals surface area contributed by atoms with Crippen LogP contribution in [0.5, 0.6) is 0 Å². The Bertz CT molecular complexity index is 1610. The summed E-state index contributed by atoms with van der Waals surface area (Å²) >= 11 is 1.55. The average molecular weight is 695 g/mol. The first kappa shape index (κ1) is 37.2. The maximum absolute atomic E-state index is 3.82. The normalized spacial score (nSPS) is 11.6. The van der Waals surface area contributed by atoms with Gasteiger partial charge >= 0.3 is 112 Å². The Morgan fingerprint density at radius 3 is 1.55 bits per heavy atom. The number of hydrogen-bond acceptors (Lipinski definition) is 0. The van der Waals surface area contributed by atoms with Gasteiger partial charge in [0.1, 0.15) is 0 Å². The standard InChI is InChI=1S/C17H13.C15H14.C9H13.2ClH.Zr/c1-3-12-5-7-14-11-15-8-6-13(4-2)10-17(15)16(14)9-12;1-3-8-14(9-4-1)12-7-13-15-10-5-2-6-11-15;1-9(2,3)8-6-4-5-7-8;;;/h3-11H,1-2H2;1-6,8-11H,12-13H2;6-7H,4H2,1-3H3;2*1H;/q-1;;-1;;;+2/p-2. The predicted molar refractivity (Wildman–Crippen MR) is 182 cm³/mol. The number of hydrogen-bond donors (Lipinski definition) is 0. The number of fused-ring (bicyclic) bond motifs is 3. The topological polar surface area (TPSA) is 0 Å². The van der Waals surface area contributed by atoms with Crippen LogP contribution in [0.3, 0.4) is 0 Å². The van der Waals surface area contributed by atoms with E-state index in [4.69, 9.17) is 0 Å². The molecule has 0 unspecified atom stereocenters. The molecule has 0 amide bonds. The van der Waals surface area contributed by atoms with Gasteiger partial charge < -0.3 is 24.8 Å². The third-order valence-corrected chi connectivity index (χ3v) is 8.18. The van der Waals surface area contributed by atoms with Crippen molar-refractivity contribution in [2.75, 3.05) is 0 Å². The molecule has 0 atom stereocenters. The molecule has 5 aromatic carbocycles. The Hall–Kier alpha value is -2.96. The molecule has 0 radical (unpaired) electrons. The van der Waals surface area contributed by atoms with Gasteiger partial charge in [-0.05, 0) is 11.1 Å². The molecule has 0 saturated carbocycles. The van der Waals surface area contributed by atoms with Gasteiger partial charge in [-0.1, -0.05) is 75.8 Å². The van der Waals surface area contributed by atoms with Crippen molar-refractivity contribution in [1.82, 2.24) is 0 Å². The van der Waals surface area contributed by atoms with Gasteiger partial charge in [0.05, 0.1) is 0 Å². The van der Waals surface area contributed by atoms with Crippen molar-refractivity contribution in [3.8, 4) is 0 Å². The van der Waals surface area contributed by atoms with Crippen LogP contribution in [0.1, 0.15) is 49.4 Å². The molecule has 0 bridgehead atoms. The van der Waals surface area contributed by atoms with E-state index in [-0.39, 0.29) is 24.8 Å². The van der Waals surface area contributed by atoms with Crippen LogP contribution in [-0.2, 0) is 37.1 Å². The number of allylic oxidation sites excluding steroid dienone is 4. The van der Waals surface area contributed by atoms with Crippen LogP contribution < -0.4 is 24.8 Å². The molecule has 0 aliphatic heterocycles. The van der Waals surface area contributed by atoms with Crippen LogP contribution >= 0.6 is 0 Å². The second-order valence-corrected chi connectivity index (χ2v) is 13.4. The zero-order chi connectivity index (χ0) is 30.0. The Balaban J connectivity index is 0.000000235. The Morgan fingerprint density at radius 1 is 0.750 bits per heavy atom. The summed E-state index contributed by atoms with van der Waals surface area (Å²) in [7, 11) is 0. The Labute approximate surface area is 291 Å². The predicted octanol–water partition coefficient (Wildman–Crippen LogP) is 4.92. The molecule has 0 nitrogen and oxygen atoms in total. The zero-order valence-electron chi connectivity index (χ0n) is 25.9. The van der Waals surface area contributed by atoms with Crippen molar-refractivity contribution >= 4 is 36.9 Å². The first-order valence-electron chi connectivity index (χ1n) is 14.6. The van der Waals surface area contributed by atoms with E-state index in [0.717, 1.165) is 30.4 Å². The second kappa shape index (κ2) is 18.1. The van der Waals surface area contributed by atoms with Crippen LogP contribution in [0.2, 0.25) is 0 Å². The molecule has 3 heteroatoms. The molecule has 0 heterocycles. The molecule has 0 spiro atoms. The van der Waals surface area contributed by atoms with Gasteiger partial charge in [-0.15, -0.1) is 46.2 Å². The van der Waals surface area contributed by atoms with Crippen LogP contribution in [0, 0.1) is 11.5 Å². The van der Waals surface area contributed by atoms with Gasteiger partial charge in [0.2, 0.25) is 0 Å². The Morgan fingerprint density at radius 2 is 1.20 bits per heavy atom. The average Bonchev–Trinajstić information content (AvgIpc) is 3.67. The third-order valence-electron chi connectivity index (χ3n) is 7.31. The van der Waals surface area contributed by atoms with E-state index in [1.54, 1.807) is 27.4 Å². The fourth-order valence-corrected chi connectivity index (χ4v) is 5.96. The van der Waals surface area contributed by atoms with Crippen LogP contribution in [0.4, 0.5) is 0 Å². The SMILES string of the molecule is C=Cc1ccc2[cH-]c3ccc(C=C)cc3c2c1.CC(C)(C)C1=CC[C-]=C1.[Cl-].[Cl-].[Zr+2]=[C](Cc1ccccc1)Cc1ccccc1. The molecular weight excluding hydrogens is 655 g/mol. The third kappa shape index (κ3) is 10.9. The van der Waals surface area contributed by atoms with Crippen LogP contribution in [0.25, 0.3) is 33.7 Å². The second-order valence-electron chi connectivity index (χ2n) is 11.6. The number of halogens is 2. The van der Waals surface area contributed by atoms with Crippen molar-refractivity contribution in [3.05, 3.63) is 162 Å². The van der Waals surface area contributed by atoms with Gasteiger partial charge in [0, 0.05) is 0 Å². The number of benzene rings is 4. The molecule has 0 N–H and O–H groups in total. The minimum atomic E-state index is 0.